The maximum atomic E-state index is 4.30. The molecule has 0 aliphatic carbocycles. The van der Waals surface area contributed by atoms with Crippen LogP contribution in [0.4, 0.5) is 0 Å². The molecule has 2 rings (SSSR count). The molecule has 94 valence electrons. The third kappa shape index (κ3) is 2.87. The van der Waals surface area contributed by atoms with E-state index in [2.05, 4.69) is 44.1 Å². The predicted molar refractivity (Wildman–Crippen MR) is 74.0 cm³/mol. The number of hydrogen-bond acceptors (Lipinski definition) is 3. The average molecular weight is 298 g/mol. The maximum Gasteiger partial charge on any atom is 0.0410 e. The van der Waals surface area contributed by atoms with Gasteiger partial charge in [-0.3, -0.25) is 9.88 Å². The standard InChI is InChI=1S/C13H20BrN3/c1-3-17-5-4-10(7-15-2)13(17)11-6-12(14)9-16-8-11/h6,8-10,13,15H,3-5,7H2,1-2H3. The second-order valence-corrected chi connectivity index (χ2v) is 5.53. The molecule has 0 spiro atoms. The number of likely N-dealkylation sites (tertiary alicyclic amines) is 1. The van der Waals surface area contributed by atoms with Gasteiger partial charge in [0.2, 0.25) is 0 Å². The second kappa shape index (κ2) is 5.94. The first kappa shape index (κ1) is 13.0. The molecule has 1 aliphatic heterocycles. The molecule has 2 atom stereocenters. The summed E-state index contributed by atoms with van der Waals surface area (Å²) in [7, 11) is 2.03. The molecule has 0 bridgehead atoms. The van der Waals surface area contributed by atoms with Crippen LogP contribution in [0.5, 0.6) is 0 Å². The smallest absolute Gasteiger partial charge is 0.0410 e. The lowest BCUT2D eigenvalue weighted by atomic mass is 9.95. The molecule has 1 aliphatic rings. The zero-order chi connectivity index (χ0) is 12.3. The number of nitrogens with zero attached hydrogens (tertiary/aromatic N) is 2. The van der Waals surface area contributed by atoms with Gasteiger partial charge >= 0.3 is 0 Å². The summed E-state index contributed by atoms with van der Waals surface area (Å²) in [6.45, 7) is 5.62. The van der Waals surface area contributed by atoms with Crippen molar-refractivity contribution in [3.63, 3.8) is 0 Å². The molecule has 1 aromatic heterocycles. The van der Waals surface area contributed by atoms with Crippen molar-refractivity contribution in [1.82, 2.24) is 15.2 Å². The van der Waals surface area contributed by atoms with Crippen molar-refractivity contribution in [2.75, 3.05) is 26.7 Å². The largest absolute Gasteiger partial charge is 0.319 e. The highest BCUT2D eigenvalue weighted by Crippen LogP contribution is 2.36. The van der Waals surface area contributed by atoms with Crippen LogP contribution in [0, 0.1) is 5.92 Å². The van der Waals surface area contributed by atoms with E-state index in [1.54, 1.807) is 0 Å². The Morgan fingerprint density at radius 2 is 2.35 bits per heavy atom. The predicted octanol–water partition coefficient (Wildman–Crippen LogP) is 2.45. The van der Waals surface area contributed by atoms with Gasteiger partial charge in [-0.2, -0.15) is 0 Å². The van der Waals surface area contributed by atoms with E-state index >= 15 is 0 Å². The zero-order valence-corrected chi connectivity index (χ0v) is 12.1. The van der Waals surface area contributed by atoms with Crippen molar-refractivity contribution in [3.8, 4) is 0 Å². The average Bonchev–Trinajstić information content (AvgIpc) is 2.72. The quantitative estimate of drug-likeness (QED) is 0.925. The van der Waals surface area contributed by atoms with Gasteiger partial charge in [0.05, 0.1) is 0 Å². The van der Waals surface area contributed by atoms with Crippen molar-refractivity contribution >= 4 is 15.9 Å². The highest BCUT2D eigenvalue weighted by atomic mass is 79.9. The Hall–Kier alpha value is -0.450. The van der Waals surface area contributed by atoms with Gasteiger partial charge in [0.25, 0.3) is 0 Å². The van der Waals surface area contributed by atoms with Crippen LogP contribution in [-0.2, 0) is 0 Å². The Labute approximate surface area is 112 Å². The Kier molecular flexibility index (Phi) is 4.54. The third-order valence-electron chi connectivity index (χ3n) is 3.57. The molecule has 1 N–H and O–H groups in total. The van der Waals surface area contributed by atoms with Crippen LogP contribution in [0.2, 0.25) is 0 Å². The van der Waals surface area contributed by atoms with Gasteiger partial charge in [-0.25, -0.2) is 0 Å². The summed E-state index contributed by atoms with van der Waals surface area (Å²) < 4.78 is 1.07. The maximum absolute atomic E-state index is 4.30. The number of pyridine rings is 1. The van der Waals surface area contributed by atoms with Gasteiger partial charge in [-0.15, -0.1) is 0 Å². The fourth-order valence-corrected chi connectivity index (χ4v) is 3.21. The molecular weight excluding hydrogens is 278 g/mol. The zero-order valence-electron chi connectivity index (χ0n) is 10.5. The van der Waals surface area contributed by atoms with E-state index in [9.17, 15) is 0 Å². The van der Waals surface area contributed by atoms with Gasteiger partial charge in [-0.05, 0) is 66.6 Å². The Balaban J connectivity index is 2.24. The number of hydrogen-bond donors (Lipinski definition) is 1. The highest BCUT2D eigenvalue weighted by molar-refractivity contribution is 9.10. The summed E-state index contributed by atoms with van der Waals surface area (Å²) in [5.74, 6) is 0.691. The van der Waals surface area contributed by atoms with Gasteiger partial charge in [-0.1, -0.05) is 6.92 Å². The van der Waals surface area contributed by atoms with E-state index in [1.165, 1.54) is 18.5 Å². The lowest BCUT2D eigenvalue weighted by Crippen LogP contribution is -2.29. The molecule has 1 saturated heterocycles. The Bertz CT molecular complexity index is 369. The molecule has 4 heteroatoms. The van der Waals surface area contributed by atoms with E-state index < -0.39 is 0 Å². The van der Waals surface area contributed by atoms with Crippen molar-refractivity contribution in [1.29, 1.82) is 0 Å². The number of rotatable bonds is 4. The van der Waals surface area contributed by atoms with E-state index in [0.29, 0.717) is 12.0 Å². The number of aromatic nitrogens is 1. The van der Waals surface area contributed by atoms with Crippen LogP contribution in [0.1, 0.15) is 24.9 Å². The molecule has 0 amide bonds. The Morgan fingerprint density at radius 1 is 1.53 bits per heavy atom. The van der Waals surface area contributed by atoms with Crippen molar-refractivity contribution in [2.24, 2.45) is 5.92 Å². The molecule has 0 saturated carbocycles. The summed E-state index contributed by atoms with van der Waals surface area (Å²) in [5.41, 5.74) is 1.33. The summed E-state index contributed by atoms with van der Waals surface area (Å²) in [4.78, 5) is 6.85. The van der Waals surface area contributed by atoms with Crippen LogP contribution in [0.3, 0.4) is 0 Å². The summed E-state index contributed by atoms with van der Waals surface area (Å²) in [5, 5.41) is 3.31. The molecule has 0 radical (unpaired) electrons. The normalized spacial score (nSPS) is 25.4. The monoisotopic (exact) mass is 297 g/mol. The lowest BCUT2D eigenvalue weighted by Gasteiger charge is -2.27. The first-order chi connectivity index (χ1) is 8.26. The first-order valence-corrected chi connectivity index (χ1v) is 7.04. The van der Waals surface area contributed by atoms with Crippen LogP contribution >= 0.6 is 15.9 Å². The van der Waals surface area contributed by atoms with Gasteiger partial charge in [0.15, 0.2) is 0 Å². The van der Waals surface area contributed by atoms with Crippen LogP contribution < -0.4 is 5.32 Å². The Morgan fingerprint density at radius 3 is 3.00 bits per heavy atom. The molecular formula is C13H20BrN3. The van der Waals surface area contributed by atoms with Crippen LogP contribution in [0.15, 0.2) is 22.9 Å². The van der Waals surface area contributed by atoms with Crippen molar-refractivity contribution in [3.05, 3.63) is 28.5 Å². The summed E-state index contributed by atoms with van der Waals surface area (Å²) in [6, 6.07) is 2.71. The molecule has 1 aromatic rings. The van der Waals surface area contributed by atoms with E-state index in [4.69, 9.17) is 0 Å². The second-order valence-electron chi connectivity index (χ2n) is 4.62. The van der Waals surface area contributed by atoms with Gasteiger partial charge < -0.3 is 5.32 Å². The lowest BCUT2D eigenvalue weighted by molar-refractivity contribution is 0.237. The van der Waals surface area contributed by atoms with Crippen molar-refractivity contribution < 1.29 is 0 Å². The summed E-state index contributed by atoms with van der Waals surface area (Å²) in [6.07, 6.45) is 5.12. The minimum absolute atomic E-state index is 0.512. The molecule has 2 unspecified atom stereocenters. The van der Waals surface area contributed by atoms with Crippen LogP contribution in [0.25, 0.3) is 0 Å². The molecule has 1 fully saturated rings. The van der Waals surface area contributed by atoms with E-state index in [-0.39, 0.29) is 0 Å². The van der Waals surface area contributed by atoms with Gasteiger partial charge in [0.1, 0.15) is 0 Å². The molecule has 2 heterocycles. The minimum atomic E-state index is 0.512. The number of nitrogens with one attached hydrogen (secondary N) is 1. The first-order valence-electron chi connectivity index (χ1n) is 6.25. The topological polar surface area (TPSA) is 28.2 Å². The van der Waals surface area contributed by atoms with Gasteiger partial charge in [0, 0.05) is 22.9 Å². The molecule has 17 heavy (non-hydrogen) atoms. The highest BCUT2D eigenvalue weighted by Gasteiger charge is 2.33. The molecule has 0 aromatic carbocycles. The SMILES string of the molecule is CCN1CCC(CNC)C1c1cncc(Br)c1. The fraction of sp³-hybridized carbons (Fsp3) is 0.615. The summed E-state index contributed by atoms with van der Waals surface area (Å²) >= 11 is 3.51. The third-order valence-corrected chi connectivity index (χ3v) is 4.00. The van der Waals surface area contributed by atoms with E-state index in [1.807, 2.05) is 19.4 Å². The van der Waals surface area contributed by atoms with E-state index in [0.717, 1.165) is 17.6 Å². The van der Waals surface area contributed by atoms with Crippen LogP contribution in [-0.4, -0.2) is 36.6 Å². The molecule has 3 nitrogen and oxygen atoms in total. The minimum Gasteiger partial charge on any atom is -0.319 e. The number of halogens is 1. The van der Waals surface area contributed by atoms with Crippen molar-refractivity contribution in [2.45, 2.75) is 19.4 Å². The fourth-order valence-electron chi connectivity index (χ4n) is 2.83.